The van der Waals surface area contributed by atoms with Crippen molar-refractivity contribution in [3.05, 3.63) is 48.8 Å². The van der Waals surface area contributed by atoms with Gasteiger partial charge >= 0.3 is 0 Å². The summed E-state index contributed by atoms with van der Waals surface area (Å²) in [5.41, 5.74) is 3.06. The van der Waals surface area contributed by atoms with Crippen molar-refractivity contribution in [1.82, 2.24) is 9.97 Å². The lowest BCUT2D eigenvalue weighted by Crippen LogP contribution is -2.36. The van der Waals surface area contributed by atoms with Crippen LogP contribution in [0.15, 0.2) is 48.8 Å². The van der Waals surface area contributed by atoms with Crippen LogP contribution in [0.4, 0.5) is 17.2 Å². The van der Waals surface area contributed by atoms with Gasteiger partial charge in [0.2, 0.25) is 0 Å². The van der Waals surface area contributed by atoms with Gasteiger partial charge in [0.1, 0.15) is 17.9 Å². The molecule has 2 heterocycles. The second kappa shape index (κ2) is 8.21. The van der Waals surface area contributed by atoms with E-state index in [0.717, 1.165) is 54.5 Å². The molecule has 1 saturated heterocycles. The van der Waals surface area contributed by atoms with Crippen molar-refractivity contribution in [2.75, 3.05) is 43.6 Å². The van der Waals surface area contributed by atoms with E-state index in [1.54, 1.807) is 13.4 Å². The molecule has 0 atom stereocenters. The molecule has 0 radical (unpaired) electrons. The number of halogens is 1. The maximum Gasteiger partial charge on any atom is 0.141 e. The van der Waals surface area contributed by atoms with Crippen molar-refractivity contribution < 1.29 is 9.47 Å². The summed E-state index contributed by atoms with van der Waals surface area (Å²) in [6.07, 6.45) is 1.56. The Balaban J connectivity index is 0.00000196. The molecular formula is C19H21ClN4O2. The van der Waals surface area contributed by atoms with E-state index in [4.69, 9.17) is 9.47 Å². The first kappa shape index (κ1) is 18.2. The Morgan fingerprint density at radius 2 is 1.81 bits per heavy atom. The van der Waals surface area contributed by atoms with Crippen LogP contribution in [-0.2, 0) is 4.74 Å². The first-order valence-electron chi connectivity index (χ1n) is 8.32. The standard InChI is InChI=1S/C19H20N4O2.ClH/c1-24-16-6-7-17-18(12-16)20-13-21-19(17)22-14-2-4-15(5-3-14)23-8-10-25-11-9-23;/h2-7,12-13H,8-11H2,1H3,(H,20,21,22);1H. The van der Waals surface area contributed by atoms with Crippen molar-refractivity contribution in [2.24, 2.45) is 0 Å². The van der Waals surface area contributed by atoms with Gasteiger partial charge in [0.25, 0.3) is 0 Å². The average Bonchev–Trinajstić information content (AvgIpc) is 2.69. The first-order chi connectivity index (χ1) is 12.3. The topological polar surface area (TPSA) is 59.5 Å². The number of rotatable bonds is 4. The fourth-order valence-corrected chi connectivity index (χ4v) is 2.98. The lowest BCUT2D eigenvalue weighted by Gasteiger charge is -2.28. The normalized spacial score (nSPS) is 14.0. The molecule has 1 N–H and O–H groups in total. The second-order valence-corrected chi connectivity index (χ2v) is 5.88. The van der Waals surface area contributed by atoms with Crippen LogP contribution in [0.3, 0.4) is 0 Å². The fraction of sp³-hybridized carbons (Fsp3) is 0.263. The van der Waals surface area contributed by atoms with E-state index in [1.165, 1.54) is 5.69 Å². The summed E-state index contributed by atoms with van der Waals surface area (Å²) < 4.78 is 10.7. The molecule has 136 valence electrons. The minimum absolute atomic E-state index is 0. The molecule has 4 rings (SSSR count). The van der Waals surface area contributed by atoms with E-state index < -0.39 is 0 Å². The van der Waals surface area contributed by atoms with Crippen LogP contribution >= 0.6 is 12.4 Å². The summed E-state index contributed by atoms with van der Waals surface area (Å²) in [5, 5.41) is 4.34. The van der Waals surface area contributed by atoms with E-state index in [2.05, 4.69) is 44.5 Å². The molecule has 0 saturated carbocycles. The maximum atomic E-state index is 5.40. The number of nitrogens with one attached hydrogen (secondary N) is 1. The van der Waals surface area contributed by atoms with E-state index >= 15 is 0 Å². The summed E-state index contributed by atoms with van der Waals surface area (Å²) in [5.74, 6) is 1.57. The predicted octanol–water partition coefficient (Wildman–Crippen LogP) is 3.64. The number of hydrogen-bond acceptors (Lipinski definition) is 6. The third-order valence-corrected chi connectivity index (χ3v) is 4.35. The Morgan fingerprint density at radius 3 is 2.54 bits per heavy atom. The quantitative estimate of drug-likeness (QED) is 0.754. The summed E-state index contributed by atoms with van der Waals surface area (Å²) in [6.45, 7) is 3.45. The number of benzene rings is 2. The van der Waals surface area contributed by atoms with E-state index in [0.29, 0.717) is 0 Å². The molecule has 1 aromatic heterocycles. The third kappa shape index (κ3) is 3.81. The average molecular weight is 373 g/mol. The lowest BCUT2D eigenvalue weighted by atomic mass is 10.2. The highest BCUT2D eigenvalue weighted by Crippen LogP contribution is 2.27. The molecule has 0 aliphatic carbocycles. The zero-order chi connectivity index (χ0) is 17.1. The minimum atomic E-state index is 0. The van der Waals surface area contributed by atoms with Crippen molar-refractivity contribution in [1.29, 1.82) is 0 Å². The van der Waals surface area contributed by atoms with Gasteiger partial charge in [0.05, 0.1) is 25.8 Å². The van der Waals surface area contributed by atoms with Crippen LogP contribution in [0.5, 0.6) is 5.75 Å². The molecule has 26 heavy (non-hydrogen) atoms. The summed E-state index contributed by atoms with van der Waals surface area (Å²) in [7, 11) is 1.65. The number of aromatic nitrogens is 2. The second-order valence-electron chi connectivity index (χ2n) is 5.88. The van der Waals surface area contributed by atoms with Crippen LogP contribution in [0.25, 0.3) is 10.9 Å². The van der Waals surface area contributed by atoms with Crippen LogP contribution in [0.2, 0.25) is 0 Å². The molecule has 1 fully saturated rings. The van der Waals surface area contributed by atoms with Crippen LogP contribution in [0, 0.1) is 0 Å². The van der Waals surface area contributed by atoms with Gasteiger partial charge in [-0.15, -0.1) is 12.4 Å². The molecule has 6 nitrogen and oxygen atoms in total. The Morgan fingerprint density at radius 1 is 1.04 bits per heavy atom. The summed E-state index contributed by atoms with van der Waals surface area (Å²) in [4.78, 5) is 11.0. The third-order valence-electron chi connectivity index (χ3n) is 4.35. The number of fused-ring (bicyclic) bond motifs is 1. The SMILES string of the molecule is COc1ccc2c(Nc3ccc(N4CCOCC4)cc3)ncnc2c1.Cl. The molecule has 7 heteroatoms. The largest absolute Gasteiger partial charge is 0.497 e. The maximum absolute atomic E-state index is 5.40. The van der Waals surface area contributed by atoms with Gasteiger partial charge in [0.15, 0.2) is 0 Å². The molecule has 0 bridgehead atoms. The van der Waals surface area contributed by atoms with Crippen LogP contribution in [-0.4, -0.2) is 43.4 Å². The van der Waals surface area contributed by atoms with E-state index in [-0.39, 0.29) is 12.4 Å². The number of nitrogens with zero attached hydrogens (tertiary/aromatic N) is 3. The number of methoxy groups -OCH3 is 1. The highest BCUT2D eigenvalue weighted by atomic mass is 35.5. The Labute approximate surface area is 158 Å². The molecular weight excluding hydrogens is 352 g/mol. The minimum Gasteiger partial charge on any atom is -0.497 e. The molecule has 0 unspecified atom stereocenters. The van der Waals surface area contributed by atoms with Crippen molar-refractivity contribution >= 4 is 40.5 Å². The highest BCUT2D eigenvalue weighted by Gasteiger charge is 2.11. The van der Waals surface area contributed by atoms with Crippen molar-refractivity contribution in [3.8, 4) is 5.75 Å². The summed E-state index contributed by atoms with van der Waals surface area (Å²) >= 11 is 0. The molecule has 0 amide bonds. The van der Waals surface area contributed by atoms with Gasteiger partial charge in [-0.05, 0) is 36.4 Å². The monoisotopic (exact) mass is 372 g/mol. The molecule has 0 spiro atoms. The van der Waals surface area contributed by atoms with Crippen molar-refractivity contribution in [3.63, 3.8) is 0 Å². The predicted molar refractivity (Wildman–Crippen MR) is 106 cm³/mol. The van der Waals surface area contributed by atoms with Gasteiger partial charge in [-0.3, -0.25) is 0 Å². The van der Waals surface area contributed by atoms with Gasteiger partial charge in [-0.2, -0.15) is 0 Å². The smallest absolute Gasteiger partial charge is 0.141 e. The van der Waals surface area contributed by atoms with Gasteiger partial charge < -0.3 is 19.7 Å². The number of anilines is 3. The van der Waals surface area contributed by atoms with Crippen molar-refractivity contribution in [2.45, 2.75) is 0 Å². The van der Waals surface area contributed by atoms with Gasteiger partial charge in [-0.25, -0.2) is 9.97 Å². The van der Waals surface area contributed by atoms with Crippen LogP contribution in [0.1, 0.15) is 0 Å². The lowest BCUT2D eigenvalue weighted by molar-refractivity contribution is 0.122. The summed E-state index contributed by atoms with van der Waals surface area (Å²) in [6, 6.07) is 14.2. The van der Waals surface area contributed by atoms with Crippen LogP contribution < -0.4 is 15.0 Å². The molecule has 1 aliphatic heterocycles. The van der Waals surface area contributed by atoms with Gasteiger partial charge in [-0.1, -0.05) is 0 Å². The zero-order valence-corrected chi connectivity index (χ0v) is 15.3. The number of ether oxygens (including phenoxy) is 2. The first-order valence-corrected chi connectivity index (χ1v) is 8.32. The van der Waals surface area contributed by atoms with E-state index in [1.807, 2.05) is 18.2 Å². The van der Waals surface area contributed by atoms with Gasteiger partial charge in [0, 0.05) is 35.9 Å². The highest BCUT2D eigenvalue weighted by molar-refractivity contribution is 5.91. The Kier molecular flexibility index (Phi) is 5.75. The molecule has 2 aromatic carbocycles. The van der Waals surface area contributed by atoms with E-state index in [9.17, 15) is 0 Å². The molecule has 3 aromatic rings. The Bertz CT molecular complexity index is 867. The zero-order valence-electron chi connectivity index (χ0n) is 14.5. The molecule has 1 aliphatic rings. The Hall–Kier alpha value is -2.57. The fourth-order valence-electron chi connectivity index (χ4n) is 2.98. The number of morpholine rings is 1. The number of hydrogen-bond donors (Lipinski definition) is 1.